The van der Waals surface area contributed by atoms with Crippen LogP contribution in [0.1, 0.15) is 5.56 Å². The Morgan fingerprint density at radius 3 is 2.74 bits per heavy atom. The van der Waals surface area contributed by atoms with Crippen LogP contribution in [0.4, 0.5) is 17.2 Å². The van der Waals surface area contributed by atoms with Crippen molar-refractivity contribution in [2.45, 2.75) is 0 Å². The molecule has 2 heterocycles. The second-order valence-electron chi connectivity index (χ2n) is 5.79. The Morgan fingerprint density at radius 1 is 1.22 bits per heavy atom. The summed E-state index contributed by atoms with van der Waals surface area (Å²) in [5.41, 5.74) is 6.95. The Balaban J connectivity index is 1.61. The van der Waals surface area contributed by atoms with Crippen molar-refractivity contribution in [3.8, 4) is 0 Å². The highest BCUT2D eigenvalue weighted by atomic mass is 16.6. The summed E-state index contributed by atoms with van der Waals surface area (Å²) in [7, 11) is 0. The van der Waals surface area contributed by atoms with Crippen molar-refractivity contribution < 1.29 is 4.92 Å². The van der Waals surface area contributed by atoms with Gasteiger partial charge in [0.15, 0.2) is 5.82 Å². The molecule has 0 radical (unpaired) electrons. The van der Waals surface area contributed by atoms with Crippen LogP contribution >= 0.6 is 0 Å². The molecule has 1 aliphatic rings. The third kappa shape index (κ3) is 2.99. The number of nitro groups is 1. The molecule has 0 fully saturated rings. The first-order valence-electron chi connectivity index (χ1n) is 7.93. The molecule has 10 heteroatoms. The topological polar surface area (TPSA) is 152 Å². The largest absolute Gasteiger partial charge is 0.383 e. The Morgan fingerprint density at radius 2 is 2.00 bits per heavy atom. The van der Waals surface area contributed by atoms with Gasteiger partial charge in [0, 0.05) is 17.7 Å². The van der Waals surface area contributed by atoms with Crippen LogP contribution in [0.2, 0.25) is 0 Å². The van der Waals surface area contributed by atoms with E-state index in [0.717, 1.165) is 5.69 Å². The lowest BCUT2D eigenvalue weighted by atomic mass is 10.1. The number of nitrogens with zero attached hydrogens (tertiary/aromatic N) is 4. The second kappa shape index (κ2) is 6.33. The summed E-state index contributed by atoms with van der Waals surface area (Å²) in [5, 5.41) is 21.4. The monoisotopic (exact) mass is 363 g/mol. The Bertz CT molecular complexity index is 1180. The van der Waals surface area contributed by atoms with E-state index in [1.807, 2.05) is 6.07 Å². The SMILES string of the molecule is NC(=NCC1=Nc2n[nH]c(=O)c3cccc(c23)N1)c1ccc([N+](=O)[O-])cc1. The van der Waals surface area contributed by atoms with Gasteiger partial charge in [0.1, 0.15) is 11.7 Å². The van der Waals surface area contributed by atoms with Gasteiger partial charge in [-0.2, -0.15) is 5.10 Å². The third-order valence-corrected chi connectivity index (χ3v) is 4.09. The van der Waals surface area contributed by atoms with Crippen molar-refractivity contribution in [3.63, 3.8) is 0 Å². The highest BCUT2D eigenvalue weighted by Crippen LogP contribution is 2.31. The fraction of sp³-hybridized carbons (Fsp3) is 0.0588. The molecule has 27 heavy (non-hydrogen) atoms. The summed E-state index contributed by atoms with van der Waals surface area (Å²) >= 11 is 0. The zero-order valence-electron chi connectivity index (χ0n) is 13.8. The number of amidine groups is 2. The normalized spacial score (nSPS) is 13.2. The second-order valence-corrected chi connectivity index (χ2v) is 5.79. The Kier molecular flexibility index (Phi) is 3.84. The van der Waals surface area contributed by atoms with Crippen molar-refractivity contribution >= 4 is 39.6 Å². The molecule has 0 saturated heterocycles. The molecule has 1 aromatic heterocycles. The van der Waals surface area contributed by atoms with Gasteiger partial charge in [-0.15, -0.1) is 0 Å². The number of aromatic nitrogens is 2. The van der Waals surface area contributed by atoms with Gasteiger partial charge in [-0.1, -0.05) is 6.07 Å². The summed E-state index contributed by atoms with van der Waals surface area (Å²) in [6, 6.07) is 11.1. The van der Waals surface area contributed by atoms with Gasteiger partial charge >= 0.3 is 0 Å². The molecule has 10 nitrogen and oxygen atoms in total. The van der Waals surface area contributed by atoms with E-state index in [2.05, 4.69) is 25.5 Å². The predicted octanol–water partition coefficient (Wildman–Crippen LogP) is 1.69. The van der Waals surface area contributed by atoms with E-state index in [1.54, 1.807) is 12.1 Å². The van der Waals surface area contributed by atoms with E-state index in [0.29, 0.717) is 28.0 Å². The van der Waals surface area contributed by atoms with Crippen LogP contribution in [-0.4, -0.2) is 33.3 Å². The van der Waals surface area contributed by atoms with E-state index >= 15 is 0 Å². The first-order chi connectivity index (χ1) is 13.0. The lowest BCUT2D eigenvalue weighted by Crippen LogP contribution is -2.23. The van der Waals surface area contributed by atoms with Crippen LogP contribution in [-0.2, 0) is 0 Å². The van der Waals surface area contributed by atoms with E-state index in [1.165, 1.54) is 24.3 Å². The first-order valence-corrected chi connectivity index (χ1v) is 7.93. The van der Waals surface area contributed by atoms with Crippen molar-refractivity contribution in [2.24, 2.45) is 15.7 Å². The van der Waals surface area contributed by atoms with Crippen LogP contribution in [0.3, 0.4) is 0 Å². The molecule has 0 unspecified atom stereocenters. The third-order valence-electron chi connectivity index (χ3n) is 4.09. The predicted molar refractivity (Wildman–Crippen MR) is 102 cm³/mol. The van der Waals surface area contributed by atoms with Crippen LogP contribution in [0.15, 0.2) is 57.2 Å². The molecule has 1 aliphatic heterocycles. The number of anilines is 1. The summed E-state index contributed by atoms with van der Waals surface area (Å²) in [6.07, 6.45) is 0. The minimum Gasteiger partial charge on any atom is -0.383 e. The number of H-pyrrole nitrogens is 1. The van der Waals surface area contributed by atoms with E-state index in [4.69, 9.17) is 5.73 Å². The molecule has 4 N–H and O–H groups in total. The van der Waals surface area contributed by atoms with Gasteiger partial charge in [0.2, 0.25) is 0 Å². The summed E-state index contributed by atoms with van der Waals surface area (Å²) in [4.78, 5) is 30.8. The molecule has 0 amide bonds. The number of nitro benzene ring substituents is 1. The number of nitrogens with one attached hydrogen (secondary N) is 2. The summed E-state index contributed by atoms with van der Waals surface area (Å²) in [5.74, 6) is 1.14. The highest BCUT2D eigenvalue weighted by Gasteiger charge is 2.17. The van der Waals surface area contributed by atoms with Gasteiger partial charge in [-0.05, 0) is 24.3 Å². The van der Waals surface area contributed by atoms with Gasteiger partial charge < -0.3 is 11.1 Å². The fourth-order valence-electron chi connectivity index (χ4n) is 2.78. The van der Waals surface area contributed by atoms with Crippen molar-refractivity contribution in [3.05, 3.63) is 68.5 Å². The van der Waals surface area contributed by atoms with Gasteiger partial charge in [-0.25, -0.2) is 10.1 Å². The molecule has 4 rings (SSSR count). The number of rotatable bonds is 4. The van der Waals surface area contributed by atoms with Crippen molar-refractivity contribution in [2.75, 3.05) is 11.9 Å². The van der Waals surface area contributed by atoms with Crippen LogP contribution in [0.25, 0.3) is 10.8 Å². The number of nitrogens with two attached hydrogens (primary N) is 1. The lowest BCUT2D eigenvalue weighted by Gasteiger charge is -2.16. The molecule has 2 aromatic carbocycles. The number of benzene rings is 2. The number of hydrogen-bond donors (Lipinski definition) is 3. The lowest BCUT2D eigenvalue weighted by molar-refractivity contribution is -0.384. The smallest absolute Gasteiger partial charge is 0.272 e. The molecule has 0 spiro atoms. The van der Waals surface area contributed by atoms with Crippen LogP contribution in [0.5, 0.6) is 0 Å². The fourth-order valence-corrected chi connectivity index (χ4v) is 2.78. The summed E-state index contributed by atoms with van der Waals surface area (Å²) < 4.78 is 0. The number of hydrogen-bond acceptors (Lipinski definition) is 7. The van der Waals surface area contributed by atoms with E-state index < -0.39 is 4.92 Å². The zero-order chi connectivity index (χ0) is 19.0. The van der Waals surface area contributed by atoms with Crippen molar-refractivity contribution in [1.82, 2.24) is 10.2 Å². The average molecular weight is 363 g/mol. The first kappa shape index (κ1) is 16.4. The minimum atomic E-state index is -0.479. The molecular formula is C17H13N7O3. The standard InChI is InChI=1S/C17H13N7O3/c18-15(9-4-6-10(7-5-9)24(26)27)19-8-13-20-12-3-1-2-11-14(12)16(21-13)22-23-17(11)25/h1-7H,8H2,(H2,18,19)(H,23,25)(H,20,21,22). The zero-order valence-corrected chi connectivity index (χ0v) is 13.8. The molecule has 134 valence electrons. The maximum Gasteiger partial charge on any atom is 0.272 e. The molecule has 0 saturated carbocycles. The Labute approximate surface area is 151 Å². The van der Waals surface area contributed by atoms with Crippen molar-refractivity contribution in [1.29, 1.82) is 0 Å². The molecular weight excluding hydrogens is 350 g/mol. The molecule has 3 aromatic rings. The van der Waals surface area contributed by atoms with Gasteiger partial charge in [-0.3, -0.25) is 19.9 Å². The maximum atomic E-state index is 11.9. The molecule has 0 aliphatic carbocycles. The number of non-ortho nitro benzene ring substituents is 1. The Hall–Kier alpha value is -4.08. The van der Waals surface area contributed by atoms with Crippen LogP contribution < -0.4 is 16.6 Å². The summed E-state index contributed by atoms with van der Waals surface area (Å²) in [6.45, 7) is 0.152. The molecule has 0 atom stereocenters. The quantitative estimate of drug-likeness (QED) is 0.278. The van der Waals surface area contributed by atoms with E-state index in [9.17, 15) is 14.9 Å². The highest BCUT2D eigenvalue weighted by molar-refractivity contribution is 6.13. The van der Waals surface area contributed by atoms with E-state index in [-0.39, 0.29) is 23.6 Å². The van der Waals surface area contributed by atoms with Gasteiger partial charge in [0.05, 0.1) is 27.9 Å². The number of aliphatic imine (C=N–C) groups is 2. The maximum absolute atomic E-state index is 11.9. The average Bonchev–Trinajstić information content (AvgIpc) is 2.69. The van der Waals surface area contributed by atoms with Gasteiger partial charge in [0.25, 0.3) is 11.2 Å². The molecule has 0 bridgehead atoms. The van der Waals surface area contributed by atoms with Crippen LogP contribution in [0, 0.1) is 10.1 Å². The number of aromatic amines is 1. The minimum absolute atomic E-state index is 0.0189.